The van der Waals surface area contributed by atoms with Gasteiger partial charge in [-0.2, -0.15) is 0 Å². The molecule has 2 unspecified atom stereocenters. The molecule has 1 saturated heterocycles. The van der Waals surface area contributed by atoms with Crippen LogP contribution in [0.5, 0.6) is 0 Å². The van der Waals surface area contributed by atoms with Crippen LogP contribution in [0.15, 0.2) is 24.3 Å². The Morgan fingerprint density at radius 2 is 2.06 bits per heavy atom. The molecule has 2 atom stereocenters. The summed E-state index contributed by atoms with van der Waals surface area (Å²) in [5.74, 6) is -0.833. The average molecular weight is 269 g/mol. The van der Waals surface area contributed by atoms with E-state index in [4.69, 9.17) is 16.7 Å². The molecule has 0 spiro atoms. The third-order valence-electron chi connectivity index (χ3n) is 3.64. The molecule has 1 aliphatic rings. The van der Waals surface area contributed by atoms with Gasteiger partial charge in [0.1, 0.15) is 6.04 Å². The van der Waals surface area contributed by atoms with Crippen molar-refractivity contribution < 1.29 is 9.90 Å². The van der Waals surface area contributed by atoms with Crippen molar-refractivity contribution in [3.8, 4) is 0 Å². The summed E-state index contributed by atoms with van der Waals surface area (Å²) < 4.78 is 0. The molecule has 0 aliphatic carbocycles. The number of hydrazine groups is 1. The van der Waals surface area contributed by atoms with Crippen LogP contribution in [0.1, 0.15) is 25.8 Å². The molecule has 0 radical (unpaired) electrons. The summed E-state index contributed by atoms with van der Waals surface area (Å²) in [6.45, 7) is 4.13. The number of rotatable bonds is 3. The monoisotopic (exact) mass is 268 g/mol. The molecule has 0 amide bonds. The molecule has 0 bridgehead atoms. The lowest BCUT2D eigenvalue weighted by atomic mass is 9.76. The average Bonchev–Trinajstić information content (AvgIpc) is 2.79. The molecule has 3 N–H and O–H groups in total. The highest BCUT2D eigenvalue weighted by Crippen LogP contribution is 2.35. The molecule has 1 aromatic rings. The van der Waals surface area contributed by atoms with Crippen molar-refractivity contribution in [3.05, 3.63) is 34.9 Å². The Morgan fingerprint density at radius 1 is 1.39 bits per heavy atom. The maximum absolute atomic E-state index is 10.9. The zero-order chi connectivity index (χ0) is 13.3. The number of carboxylic acids is 1. The molecule has 4 nitrogen and oxygen atoms in total. The topological polar surface area (TPSA) is 61.4 Å². The first-order chi connectivity index (χ1) is 8.43. The Morgan fingerprint density at radius 3 is 2.61 bits per heavy atom. The third-order valence-corrected chi connectivity index (χ3v) is 3.97. The first-order valence-electron chi connectivity index (χ1n) is 5.92. The van der Waals surface area contributed by atoms with Crippen LogP contribution in [-0.2, 0) is 10.2 Å². The van der Waals surface area contributed by atoms with Crippen LogP contribution < -0.4 is 10.9 Å². The van der Waals surface area contributed by atoms with E-state index in [2.05, 4.69) is 24.7 Å². The predicted molar refractivity (Wildman–Crippen MR) is 70.6 cm³/mol. The van der Waals surface area contributed by atoms with Gasteiger partial charge in [0.05, 0.1) is 0 Å². The van der Waals surface area contributed by atoms with E-state index in [-0.39, 0.29) is 11.5 Å². The molecule has 5 heteroatoms. The van der Waals surface area contributed by atoms with Crippen LogP contribution >= 0.6 is 11.6 Å². The van der Waals surface area contributed by atoms with E-state index in [1.54, 1.807) is 0 Å². The highest BCUT2D eigenvalue weighted by Gasteiger charge is 2.40. The molecule has 1 heterocycles. The van der Waals surface area contributed by atoms with Gasteiger partial charge in [0.15, 0.2) is 0 Å². The fraction of sp³-hybridized carbons (Fsp3) is 0.462. The van der Waals surface area contributed by atoms with Gasteiger partial charge in [-0.1, -0.05) is 43.6 Å². The summed E-state index contributed by atoms with van der Waals surface area (Å²) >= 11 is 6.22. The molecule has 2 rings (SSSR count). The SMILES string of the molecule is CC(C)(c1ccccc1Cl)C1CC(C(=O)O)NN1. The Hall–Kier alpha value is -1.10. The third kappa shape index (κ3) is 2.36. The molecular weight excluding hydrogens is 252 g/mol. The Bertz CT molecular complexity index is 462. The number of carbonyl (C=O) groups is 1. The summed E-state index contributed by atoms with van der Waals surface area (Å²) in [4.78, 5) is 10.9. The van der Waals surface area contributed by atoms with Gasteiger partial charge in [0.2, 0.25) is 0 Å². The van der Waals surface area contributed by atoms with Gasteiger partial charge < -0.3 is 5.11 Å². The maximum Gasteiger partial charge on any atom is 0.322 e. The minimum absolute atomic E-state index is 0.0264. The maximum atomic E-state index is 10.9. The minimum atomic E-state index is -0.833. The lowest BCUT2D eigenvalue weighted by molar-refractivity contribution is -0.139. The van der Waals surface area contributed by atoms with E-state index < -0.39 is 12.0 Å². The highest BCUT2D eigenvalue weighted by molar-refractivity contribution is 6.31. The van der Waals surface area contributed by atoms with E-state index in [9.17, 15) is 4.79 Å². The van der Waals surface area contributed by atoms with Gasteiger partial charge >= 0.3 is 5.97 Å². The van der Waals surface area contributed by atoms with Gasteiger partial charge in [0.25, 0.3) is 0 Å². The van der Waals surface area contributed by atoms with Crippen molar-refractivity contribution in [1.29, 1.82) is 0 Å². The van der Waals surface area contributed by atoms with Gasteiger partial charge in [-0.3, -0.25) is 10.2 Å². The summed E-state index contributed by atoms with van der Waals surface area (Å²) in [5, 5.41) is 9.70. The van der Waals surface area contributed by atoms with Crippen molar-refractivity contribution in [2.24, 2.45) is 0 Å². The summed E-state index contributed by atoms with van der Waals surface area (Å²) in [6, 6.07) is 7.16. The van der Waals surface area contributed by atoms with Gasteiger partial charge in [-0.15, -0.1) is 0 Å². The van der Waals surface area contributed by atoms with Gasteiger partial charge in [-0.25, -0.2) is 5.43 Å². The van der Waals surface area contributed by atoms with E-state index >= 15 is 0 Å². The van der Waals surface area contributed by atoms with E-state index in [1.165, 1.54) is 0 Å². The lowest BCUT2D eigenvalue weighted by Gasteiger charge is -2.32. The van der Waals surface area contributed by atoms with Crippen LogP contribution in [0, 0.1) is 0 Å². The molecule has 1 aliphatic heterocycles. The first-order valence-corrected chi connectivity index (χ1v) is 6.29. The van der Waals surface area contributed by atoms with E-state index in [0.717, 1.165) is 5.56 Å². The van der Waals surface area contributed by atoms with E-state index in [1.807, 2.05) is 24.3 Å². The first kappa shape index (κ1) is 13.3. The molecule has 0 saturated carbocycles. The normalized spacial score (nSPS) is 24.2. The van der Waals surface area contributed by atoms with Crippen LogP contribution in [0.3, 0.4) is 0 Å². The smallest absolute Gasteiger partial charge is 0.322 e. The Labute approximate surface area is 111 Å². The zero-order valence-electron chi connectivity index (χ0n) is 10.4. The highest BCUT2D eigenvalue weighted by atomic mass is 35.5. The molecule has 98 valence electrons. The minimum Gasteiger partial charge on any atom is -0.480 e. The molecule has 1 fully saturated rings. The zero-order valence-corrected chi connectivity index (χ0v) is 11.2. The Kier molecular flexibility index (Phi) is 3.61. The standard InChI is InChI=1S/C13H17ClN2O2/c1-13(2,8-5-3-4-6-9(8)14)11-7-10(12(17)18)15-16-11/h3-6,10-11,15-16H,7H2,1-2H3,(H,17,18). The van der Waals surface area contributed by atoms with Crippen molar-refractivity contribution in [2.45, 2.75) is 37.8 Å². The predicted octanol–water partition coefficient (Wildman–Crippen LogP) is 1.94. The number of carboxylic acid groups (broad SMARTS) is 1. The number of halogens is 1. The van der Waals surface area contributed by atoms with E-state index in [0.29, 0.717) is 11.4 Å². The number of hydrogen-bond acceptors (Lipinski definition) is 3. The van der Waals surface area contributed by atoms with Crippen molar-refractivity contribution in [2.75, 3.05) is 0 Å². The number of nitrogens with one attached hydrogen (secondary N) is 2. The van der Waals surface area contributed by atoms with Crippen molar-refractivity contribution in [3.63, 3.8) is 0 Å². The second-order valence-electron chi connectivity index (χ2n) is 5.17. The number of aliphatic carboxylic acids is 1. The second-order valence-corrected chi connectivity index (χ2v) is 5.58. The molecule has 1 aromatic carbocycles. The van der Waals surface area contributed by atoms with Crippen LogP contribution in [-0.4, -0.2) is 23.2 Å². The lowest BCUT2D eigenvalue weighted by Crippen LogP contribution is -2.44. The summed E-state index contributed by atoms with van der Waals surface area (Å²) in [5.41, 5.74) is 6.66. The van der Waals surface area contributed by atoms with Crippen molar-refractivity contribution >= 4 is 17.6 Å². The van der Waals surface area contributed by atoms with Crippen LogP contribution in [0.4, 0.5) is 0 Å². The fourth-order valence-corrected chi connectivity index (χ4v) is 2.74. The van der Waals surface area contributed by atoms with Gasteiger partial charge in [0, 0.05) is 16.5 Å². The van der Waals surface area contributed by atoms with Crippen LogP contribution in [0.25, 0.3) is 0 Å². The number of benzene rings is 1. The fourth-order valence-electron chi connectivity index (χ4n) is 2.36. The van der Waals surface area contributed by atoms with Crippen molar-refractivity contribution in [1.82, 2.24) is 10.9 Å². The number of hydrogen-bond donors (Lipinski definition) is 3. The quantitative estimate of drug-likeness (QED) is 0.784. The van der Waals surface area contributed by atoms with Gasteiger partial charge in [-0.05, 0) is 18.1 Å². The van der Waals surface area contributed by atoms with Crippen LogP contribution in [0.2, 0.25) is 5.02 Å². The Balaban J connectivity index is 2.22. The molecule has 18 heavy (non-hydrogen) atoms. The molecule has 0 aromatic heterocycles. The summed E-state index contributed by atoms with van der Waals surface area (Å²) in [6.07, 6.45) is 0.535. The largest absolute Gasteiger partial charge is 0.480 e. The second kappa shape index (κ2) is 4.88. The summed E-state index contributed by atoms with van der Waals surface area (Å²) in [7, 11) is 0. The molecular formula is C13H17ClN2O2.